The monoisotopic (exact) mass is 258 g/mol. The average Bonchev–Trinajstić information content (AvgIpc) is 2.20. The molecule has 0 bridgehead atoms. The molecule has 0 radical (unpaired) electrons. The van der Waals surface area contributed by atoms with E-state index in [0.29, 0.717) is 5.56 Å². The summed E-state index contributed by atoms with van der Waals surface area (Å²) >= 11 is 11.4. The van der Waals surface area contributed by atoms with Gasteiger partial charge >= 0.3 is 0 Å². The van der Waals surface area contributed by atoms with Crippen LogP contribution in [0.2, 0.25) is 10.3 Å². The van der Waals surface area contributed by atoms with Crippen LogP contribution in [0.5, 0.6) is 5.75 Å². The molecule has 1 heterocycles. The van der Waals surface area contributed by atoms with E-state index < -0.39 is 11.6 Å². The number of phenols is 1. The fraction of sp³-hybridized carbons (Fsp3) is 0. The second-order valence-electron chi connectivity index (χ2n) is 3.00. The third kappa shape index (κ3) is 2.23. The third-order valence-corrected chi connectivity index (χ3v) is 2.26. The van der Waals surface area contributed by atoms with Crippen LogP contribution in [0.3, 0.4) is 0 Å². The van der Waals surface area contributed by atoms with Gasteiger partial charge in [0, 0.05) is 11.6 Å². The van der Waals surface area contributed by atoms with E-state index >= 15 is 0 Å². The number of halogens is 3. The smallest absolute Gasteiger partial charge is 0.165 e. The van der Waals surface area contributed by atoms with Crippen LogP contribution in [-0.2, 0) is 0 Å². The maximum Gasteiger partial charge on any atom is 0.165 e. The van der Waals surface area contributed by atoms with Crippen LogP contribution in [0.4, 0.5) is 4.39 Å². The quantitative estimate of drug-likeness (QED) is 0.799. The normalized spacial score (nSPS) is 10.4. The van der Waals surface area contributed by atoms with Gasteiger partial charge < -0.3 is 5.11 Å². The van der Waals surface area contributed by atoms with Crippen molar-refractivity contribution in [3.8, 4) is 17.1 Å². The molecular formula is C10H5Cl2FN2O. The molecule has 0 atom stereocenters. The Morgan fingerprint density at radius 3 is 2.25 bits per heavy atom. The third-order valence-electron chi connectivity index (χ3n) is 1.87. The lowest BCUT2D eigenvalue weighted by molar-refractivity contribution is 0.432. The van der Waals surface area contributed by atoms with E-state index in [-0.39, 0.29) is 16.1 Å². The van der Waals surface area contributed by atoms with Gasteiger partial charge in [0.2, 0.25) is 0 Å². The van der Waals surface area contributed by atoms with Crippen molar-refractivity contribution in [1.82, 2.24) is 9.97 Å². The molecule has 0 spiro atoms. The first kappa shape index (κ1) is 11.1. The fourth-order valence-corrected chi connectivity index (χ4v) is 1.59. The summed E-state index contributed by atoms with van der Waals surface area (Å²) < 4.78 is 13.1. The predicted octanol–water partition coefficient (Wildman–Crippen LogP) is 3.30. The van der Waals surface area contributed by atoms with Crippen molar-refractivity contribution >= 4 is 23.2 Å². The van der Waals surface area contributed by atoms with Crippen molar-refractivity contribution in [2.75, 3.05) is 0 Å². The van der Waals surface area contributed by atoms with Crippen molar-refractivity contribution in [1.29, 1.82) is 0 Å². The Morgan fingerprint density at radius 2 is 1.69 bits per heavy atom. The molecule has 0 saturated heterocycles. The summed E-state index contributed by atoms with van der Waals surface area (Å²) in [5, 5.41) is 9.37. The van der Waals surface area contributed by atoms with Crippen LogP contribution in [0, 0.1) is 5.82 Å². The van der Waals surface area contributed by atoms with Gasteiger partial charge in [-0.3, -0.25) is 0 Å². The molecule has 0 aliphatic carbocycles. The minimum Gasteiger partial charge on any atom is -0.505 e. The molecular weight excluding hydrogens is 254 g/mol. The molecule has 2 rings (SSSR count). The lowest BCUT2D eigenvalue weighted by Crippen LogP contribution is -1.90. The Balaban J connectivity index is 2.54. The van der Waals surface area contributed by atoms with E-state index in [1.165, 1.54) is 18.2 Å². The van der Waals surface area contributed by atoms with Gasteiger partial charge in [-0.25, -0.2) is 14.4 Å². The molecule has 1 aromatic carbocycles. The lowest BCUT2D eigenvalue weighted by atomic mass is 10.2. The first-order valence-electron chi connectivity index (χ1n) is 4.25. The number of nitrogens with zero attached hydrogens (tertiary/aromatic N) is 2. The summed E-state index contributed by atoms with van der Waals surface area (Å²) in [5.74, 6) is -0.981. The summed E-state index contributed by atoms with van der Waals surface area (Å²) in [6, 6.07) is 5.17. The number of hydrogen-bond acceptors (Lipinski definition) is 3. The maximum atomic E-state index is 13.1. The molecule has 0 fully saturated rings. The zero-order valence-corrected chi connectivity index (χ0v) is 9.30. The molecule has 1 aromatic heterocycles. The van der Waals surface area contributed by atoms with Gasteiger partial charge in [0.15, 0.2) is 17.4 Å². The Labute approximate surface area is 100 Å². The van der Waals surface area contributed by atoms with Crippen molar-refractivity contribution < 1.29 is 9.50 Å². The molecule has 2 aromatic rings. The number of hydrogen-bond donors (Lipinski definition) is 1. The van der Waals surface area contributed by atoms with E-state index in [1.54, 1.807) is 0 Å². The van der Waals surface area contributed by atoms with E-state index in [2.05, 4.69) is 9.97 Å². The first-order valence-corrected chi connectivity index (χ1v) is 5.01. The molecule has 0 saturated carbocycles. The number of benzene rings is 1. The summed E-state index contributed by atoms with van der Waals surface area (Å²) in [4.78, 5) is 7.79. The molecule has 6 heteroatoms. The van der Waals surface area contributed by atoms with Crippen LogP contribution in [0.1, 0.15) is 0 Å². The number of rotatable bonds is 1. The summed E-state index contributed by atoms with van der Waals surface area (Å²) in [6.45, 7) is 0. The Hall–Kier alpha value is -1.39. The Morgan fingerprint density at radius 1 is 1.06 bits per heavy atom. The molecule has 0 aliphatic rings. The minimum absolute atomic E-state index is 0.170. The zero-order chi connectivity index (χ0) is 11.7. The average molecular weight is 259 g/mol. The summed E-state index contributed by atoms with van der Waals surface area (Å²) in [5.41, 5.74) is 0.389. The molecule has 82 valence electrons. The highest BCUT2D eigenvalue weighted by Gasteiger charge is 2.08. The molecule has 0 aliphatic heterocycles. The van der Waals surface area contributed by atoms with Crippen LogP contribution >= 0.6 is 23.2 Å². The molecule has 0 unspecified atom stereocenters. The fourth-order valence-electron chi connectivity index (χ4n) is 1.17. The van der Waals surface area contributed by atoms with Gasteiger partial charge in [-0.2, -0.15) is 0 Å². The second kappa shape index (κ2) is 4.23. The summed E-state index contributed by atoms with van der Waals surface area (Å²) in [7, 11) is 0. The second-order valence-corrected chi connectivity index (χ2v) is 3.78. The van der Waals surface area contributed by atoms with Crippen LogP contribution < -0.4 is 0 Å². The van der Waals surface area contributed by atoms with Gasteiger partial charge in [-0.1, -0.05) is 23.2 Å². The Kier molecular flexibility index (Phi) is 2.94. The number of aromatic nitrogens is 2. The van der Waals surface area contributed by atoms with Crippen LogP contribution in [-0.4, -0.2) is 15.1 Å². The van der Waals surface area contributed by atoms with Crippen LogP contribution in [0.25, 0.3) is 11.4 Å². The highest BCUT2D eigenvalue weighted by molar-refractivity contribution is 6.33. The highest BCUT2D eigenvalue weighted by atomic mass is 35.5. The molecule has 1 N–H and O–H groups in total. The van der Waals surface area contributed by atoms with E-state index in [4.69, 9.17) is 28.3 Å². The van der Waals surface area contributed by atoms with E-state index in [1.807, 2.05) is 0 Å². The highest BCUT2D eigenvalue weighted by Crippen LogP contribution is 2.24. The SMILES string of the molecule is Oc1ccc(-c2nc(Cl)cc(Cl)n2)cc1F. The first-order chi connectivity index (χ1) is 7.56. The van der Waals surface area contributed by atoms with E-state index in [0.717, 1.165) is 6.07 Å². The Bertz CT molecular complexity index is 528. The molecule has 16 heavy (non-hydrogen) atoms. The zero-order valence-electron chi connectivity index (χ0n) is 7.78. The number of phenolic OH excluding ortho intramolecular Hbond substituents is 1. The lowest BCUT2D eigenvalue weighted by Gasteiger charge is -2.02. The van der Waals surface area contributed by atoms with Crippen LogP contribution in [0.15, 0.2) is 24.3 Å². The van der Waals surface area contributed by atoms with Gasteiger partial charge in [-0.15, -0.1) is 0 Å². The topological polar surface area (TPSA) is 46.0 Å². The van der Waals surface area contributed by atoms with Gasteiger partial charge in [-0.05, 0) is 18.2 Å². The van der Waals surface area contributed by atoms with Gasteiger partial charge in [0.05, 0.1) is 0 Å². The molecule has 0 amide bonds. The summed E-state index contributed by atoms with van der Waals surface area (Å²) in [6.07, 6.45) is 0. The van der Waals surface area contributed by atoms with Crippen molar-refractivity contribution in [3.05, 3.63) is 40.4 Å². The maximum absolute atomic E-state index is 13.1. The van der Waals surface area contributed by atoms with Gasteiger partial charge in [0.25, 0.3) is 0 Å². The van der Waals surface area contributed by atoms with Crippen molar-refractivity contribution in [3.63, 3.8) is 0 Å². The van der Waals surface area contributed by atoms with E-state index in [9.17, 15) is 4.39 Å². The van der Waals surface area contributed by atoms with Gasteiger partial charge in [0.1, 0.15) is 10.3 Å². The van der Waals surface area contributed by atoms with Crippen molar-refractivity contribution in [2.45, 2.75) is 0 Å². The standard InChI is InChI=1S/C10H5Cl2FN2O/c11-8-4-9(12)15-10(14-8)5-1-2-7(16)6(13)3-5/h1-4,16H. The largest absolute Gasteiger partial charge is 0.505 e. The molecule has 3 nitrogen and oxygen atoms in total. The van der Waals surface area contributed by atoms with Crippen molar-refractivity contribution in [2.24, 2.45) is 0 Å². The minimum atomic E-state index is -0.753. The predicted molar refractivity (Wildman–Crippen MR) is 59.1 cm³/mol. The number of aromatic hydroxyl groups is 1.